The number of phosphoric acid groups is 1. The first-order valence-corrected chi connectivity index (χ1v) is 14.7. The van der Waals surface area contributed by atoms with Crippen LogP contribution in [0.25, 0.3) is 0 Å². The molecule has 188 valence electrons. The average molecular weight is 485 g/mol. The van der Waals surface area contributed by atoms with Crippen LogP contribution in [-0.4, -0.2) is 45.0 Å². The smallest absolute Gasteiger partial charge is 0.466 e. The van der Waals surface area contributed by atoms with E-state index in [1.165, 1.54) is 108 Å². The van der Waals surface area contributed by atoms with Crippen LogP contribution in [0, 0.1) is 0 Å². The van der Waals surface area contributed by atoms with E-state index in [1.807, 2.05) is 11.8 Å². The van der Waals surface area contributed by atoms with Crippen molar-refractivity contribution in [2.24, 2.45) is 0 Å². The molecule has 0 saturated heterocycles. The van der Waals surface area contributed by atoms with E-state index < -0.39 is 7.82 Å². The van der Waals surface area contributed by atoms with Crippen molar-refractivity contribution in [2.45, 2.75) is 110 Å². The van der Waals surface area contributed by atoms with Gasteiger partial charge in [-0.2, -0.15) is 11.8 Å². The first-order chi connectivity index (χ1) is 14.8. The second kappa shape index (κ2) is 26.2. The number of aliphatic hydroxyl groups excluding tert-OH is 1. The monoisotopic (exact) mass is 484 g/mol. The average Bonchev–Trinajstić information content (AvgIpc) is 2.70. The van der Waals surface area contributed by atoms with Gasteiger partial charge >= 0.3 is 7.82 Å². The Hall–Kier alpha value is -0.0400. The van der Waals surface area contributed by atoms with Crippen molar-refractivity contribution < 1.29 is 29.1 Å². The van der Waals surface area contributed by atoms with Crippen LogP contribution in [0.3, 0.4) is 0 Å². The highest BCUT2D eigenvalue weighted by atomic mass is 32.2. The van der Waals surface area contributed by atoms with Crippen molar-refractivity contribution in [3.05, 3.63) is 11.8 Å². The lowest BCUT2D eigenvalue weighted by atomic mass is 10.0. The molecule has 0 heterocycles. The van der Waals surface area contributed by atoms with E-state index in [9.17, 15) is 0 Å². The number of thioether (sulfide) groups is 1. The summed E-state index contributed by atoms with van der Waals surface area (Å²) in [7, 11) is -3.00. The maximum Gasteiger partial charge on any atom is 0.466 e. The van der Waals surface area contributed by atoms with Gasteiger partial charge in [0.15, 0.2) is 0 Å². The Morgan fingerprint density at radius 3 is 1.45 bits per heavy atom. The molecule has 0 rings (SSSR count). The van der Waals surface area contributed by atoms with Crippen molar-refractivity contribution in [3.8, 4) is 0 Å². The van der Waals surface area contributed by atoms with E-state index in [-0.39, 0.29) is 6.61 Å². The summed E-state index contributed by atoms with van der Waals surface area (Å²) in [5, 5.41) is 9.14. The van der Waals surface area contributed by atoms with Crippen LogP contribution in [0.5, 0.6) is 0 Å². The van der Waals surface area contributed by atoms with Gasteiger partial charge in [0.2, 0.25) is 0 Å². The molecule has 0 unspecified atom stereocenters. The lowest BCUT2D eigenvalue weighted by molar-refractivity contribution is 0.275. The minimum atomic E-state index is -4.64. The van der Waals surface area contributed by atoms with Gasteiger partial charge < -0.3 is 24.5 Å². The second-order valence-corrected chi connectivity index (χ2v) is 10.2. The van der Waals surface area contributed by atoms with Crippen LogP contribution in [0.1, 0.15) is 110 Å². The third kappa shape index (κ3) is 37.6. The maximum absolute atomic E-state index is 9.14. The lowest BCUT2D eigenvalue weighted by Gasteiger charge is -2.05. The van der Waals surface area contributed by atoms with Crippen molar-refractivity contribution in [1.29, 1.82) is 0 Å². The molecule has 0 fully saturated rings. The molecular weight excluding hydrogens is 435 g/mol. The highest BCUT2D eigenvalue weighted by Gasteiger charge is 2.00. The van der Waals surface area contributed by atoms with E-state index in [4.69, 9.17) is 29.1 Å². The molecular formula is C23H49O6PS. The zero-order valence-electron chi connectivity index (χ0n) is 20.0. The fraction of sp³-hybridized carbons (Fsp3) is 0.913. The molecule has 8 heteroatoms. The van der Waals surface area contributed by atoms with Crippen LogP contribution < -0.4 is 0 Å². The second-order valence-electron chi connectivity index (χ2n) is 8.04. The summed E-state index contributed by atoms with van der Waals surface area (Å²) in [5.41, 5.74) is 0.981. The first-order valence-electron chi connectivity index (χ1n) is 12.0. The molecule has 0 aliphatic carbocycles. The number of rotatable bonds is 21. The Balaban J connectivity index is 0. The number of hydrogen-bond acceptors (Lipinski definition) is 4. The summed E-state index contributed by atoms with van der Waals surface area (Å²) >= 11 is 1.90. The molecule has 0 atom stereocenters. The highest BCUT2D eigenvalue weighted by molar-refractivity contribution is 7.99. The first kappa shape index (κ1) is 33.1. The van der Waals surface area contributed by atoms with Gasteiger partial charge in [-0.3, -0.25) is 0 Å². The fourth-order valence-electron chi connectivity index (χ4n) is 3.24. The summed E-state index contributed by atoms with van der Waals surface area (Å²) in [4.78, 5) is 21.6. The van der Waals surface area contributed by atoms with E-state index in [2.05, 4.69) is 6.92 Å². The maximum atomic E-state index is 9.14. The SMILES string of the molecule is CCCCCCCCCCCCCCCCCCSCC(=COC)CO.O=P(O)(O)O. The number of methoxy groups -OCH3 is 1. The van der Waals surface area contributed by atoms with Gasteiger partial charge in [-0.15, -0.1) is 0 Å². The minimum absolute atomic E-state index is 0.111. The van der Waals surface area contributed by atoms with Gasteiger partial charge in [0.1, 0.15) is 0 Å². The zero-order chi connectivity index (χ0) is 23.6. The van der Waals surface area contributed by atoms with Gasteiger partial charge in [0.25, 0.3) is 0 Å². The molecule has 0 saturated carbocycles. The number of unbranched alkanes of at least 4 members (excludes halogenated alkanes) is 15. The highest BCUT2D eigenvalue weighted by Crippen LogP contribution is 2.25. The largest absolute Gasteiger partial charge is 0.504 e. The number of ether oxygens (including phenoxy) is 1. The summed E-state index contributed by atoms with van der Waals surface area (Å²) in [6.45, 7) is 2.40. The third-order valence-electron chi connectivity index (χ3n) is 4.92. The predicted molar refractivity (Wildman–Crippen MR) is 133 cm³/mol. The normalized spacial score (nSPS) is 11.9. The van der Waals surface area contributed by atoms with Crippen LogP contribution in [0.15, 0.2) is 11.8 Å². The Morgan fingerprint density at radius 2 is 1.13 bits per heavy atom. The Morgan fingerprint density at radius 1 is 0.774 bits per heavy atom. The summed E-state index contributed by atoms with van der Waals surface area (Å²) < 4.78 is 13.8. The number of aliphatic hydroxyl groups is 1. The number of hydrogen-bond donors (Lipinski definition) is 4. The standard InChI is InChI=1S/C23H46O2S.H3O4P/c1-3-4-5-6-7-8-9-10-11-12-13-14-15-16-17-18-19-26-22-23(20-24)21-25-2;1-5(2,3)4/h21,24H,3-20,22H2,1-2H3;(H3,1,2,3,4). The molecule has 0 spiro atoms. The Bertz CT molecular complexity index is 420. The van der Waals surface area contributed by atoms with E-state index in [1.54, 1.807) is 13.4 Å². The van der Waals surface area contributed by atoms with Crippen molar-refractivity contribution in [1.82, 2.24) is 0 Å². The van der Waals surface area contributed by atoms with Gasteiger partial charge in [-0.1, -0.05) is 103 Å². The molecule has 0 aliphatic rings. The van der Waals surface area contributed by atoms with E-state index in [0.29, 0.717) is 0 Å². The van der Waals surface area contributed by atoms with Crippen molar-refractivity contribution in [3.63, 3.8) is 0 Å². The lowest BCUT2D eigenvalue weighted by Crippen LogP contribution is -1.96. The van der Waals surface area contributed by atoms with Gasteiger partial charge in [0.05, 0.1) is 20.0 Å². The molecule has 0 aromatic heterocycles. The molecule has 31 heavy (non-hydrogen) atoms. The third-order valence-corrected chi connectivity index (χ3v) is 6.07. The molecule has 4 N–H and O–H groups in total. The van der Waals surface area contributed by atoms with Crippen molar-refractivity contribution >= 4 is 19.6 Å². The molecule has 0 amide bonds. The van der Waals surface area contributed by atoms with Crippen LogP contribution in [-0.2, 0) is 9.30 Å². The van der Waals surface area contributed by atoms with Crippen molar-refractivity contribution in [2.75, 3.05) is 25.2 Å². The summed E-state index contributed by atoms with van der Waals surface area (Å²) in [6.07, 6.45) is 24.4. The molecule has 0 aliphatic heterocycles. The Kier molecular flexibility index (Phi) is 28.0. The minimum Gasteiger partial charge on any atom is -0.504 e. The van der Waals surface area contributed by atoms with Crippen LogP contribution >= 0.6 is 19.6 Å². The summed E-state index contributed by atoms with van der Waals surface area (Å²) in [6, 6.07) is 0. The van der Waals surface area contributed by atoms with E-state index in [0.717, 1.165) is 11.3 Å². The van der Waals surface area contributed by atoms with Gasteiger partial charge in [-0.05, 0) is 17.7 Å². The van der Waals surface area contributed by atoms with Crippen LogP contribution in [0.4, 0.5) is 0 Å². The topological polar surface area (TPSA) is 107 Å². The zero-order valence-corrected chi connectivity index (χ0v) is 21.7. The van der Waals surface area contributed by atoms with E-state index >= 15 is 0 Å². The quantitative estimate of drug-likeness (QED) is 0.0828. The van der Waals surface area contributed by atoms with Crippen LogP contribution in [0.2, 0.25) is 0 Å². The molecule has 0 bridgehead atoms. The van der Waals surface area contributed by atoms with Gasteiger partial charge in [-0.25, -0.2) is 4.57 Å². The Labute approximate surface area is 195 Å². The molecule has 0 aromatic carbocycles. The fourth-order valence-corrected chi connectivity index (χ4v) is 4.21. The molecule has 6 nitrogen and oxygen atoms in total. The molecule has 0 radical (unpaired) electrons. The predicted octanol–water partition coefficient (Wildman–Crippen LogP) is 6.58. The summed E-state index contributed by atoms with van der Waals surface area (Å²) in [5.74, 6) is 2.09. The van der Waals surface area contributed by atoms with Gasteiger partial charge in [0, 0.05) is 5.75 Å². The molecule has 0 aromatic rings.